The number of hydrogen-bond donors (Lipinski definition) is 1. The van der Waals surface area contributed by atoms with Gasteiger partial charge in [0.25, 0.3) is 5.91 Å². The van der Waals surface area contributed by atoms with E-state index in [9.17, 15) is 4.79 Å². The van der Waals surface area contributed by atoms with E-state index in [1.54, 1.807) is 12.1 Å². The van der Waals surface area contributed by atoms with Crippen LogP contribution in [0.15, 0.2) is 36.4 Å². The molecule has 0 bridgehead atoms. The minimum Gasteiger partial charge on any atom is -0.493 e. The number of fused-ring (bicyclic) bond motifs is 1. The van der Waals surface area contributed by atoms with Crippen molar-refractivity contribution in [3.05, 3.63) is 53.1 Å². The Bertz CT molecular complexity index is 871. The number of ether oxygens (including phenoxy) is 1. The van der Waals surface area contributed by atoms with Crippen molar-refractivity contribution in [2.24, 2.45) is 0 Å². The third kappa shape index (κ3) is 3.05. The molecule has 2 aromatic carbocycles. The van der Waals surface area contributed by atoms with Crippen LogP contribution in [0.2, 0.25) is 0 Å². The SMILES string of the molecule is CCOc1ccccc1C(=O)Nc1nc2c(C)c(C)ccc2s1. The predicted octanol–water partition coefficient (Wildman–Crippen LogP) is 4.56. The van der Waals surface area contributed by atoms with Gasteiger partial charge in [-0.2, -0.15) is 0 Å². The van der Waals surface area contributed by atoms with Gasteiger partial charge in [-0.1, -0.05) is 29.5 Å². The molecule has 1 amide bonds. The lowest BCUT2D eigenvalue weighted by Gasteiger charge is -2.08. The van der Waals surface area contributed by atoms with Crippen molar-refractivity contribution in [2.45, 2.75) is 20.8 Å². The van der Waals surface area contributed by atoms with Gasteiger partial charge in [-0.25, -0.2) is 4.98 Å². The molecule has 0 spiro atoms. The summed E-state index contributed by atoms with van der Waals surface area (Å²) in [5.41, 5.74) is 3.81. The van der Waals surface area contributed by atoms with Crippen LogP contribution in [0, 0.1) is 13.8 Å². The molecule has 0 aliphatic heterocycles. The summed E-state index contributed by atoms with van der Waals surface area (Å²) in [6, 6.07) is 11.3. The molecule has 0 aliphatic rings. The van der Waals surface area contributed by atoms with Crippen molar-refractivity contribution in [2.75, 3.05) is 11.9 Å². The van der Waals surface area contributed by atoms with Crippen LogP contribution in [0.25, 0.3) is 10.2 Å². The number of nitrogens with zero attached hydrogens (tertiary/aromatic N) is 1. The highest BCUT2D eigenvalue weighted by Gasteiger charge is 2.15. The summed E-state index contributed by atoms with van der Waals surface area (Å²) >= 11 is 1.48. The molecule has 0 saturated heterocycles. The Labute approximate surface area is 139 Å². The van der Waals surface area contributed by atoms with Crippen molar-refractivity contribution in [3.63, 3.8) is 0 Å². The first-order chi connectivity index (χ1) is 11.1. The quantitative estimate of drug-likeness (QED) is 0.764. The minimum atomic E-state index is -0.206. The maximum Gasteiger partial charge on any atom is 0.261 e. The van der Waals surface area contributed by atoms with Gasteiger partial charge in [0.2, 0.25) is 0 Å². The zero-order valence-electron chi connectivity index (χ0n) is 13.3. The van der Waals surface area contributed by atoms with Crippen LogP contribution in [0.1, 0.15) is 28.4 Å². The predicted molar refractivity (Wildman–Crippen MR) is 94.7 cm³/mol. The Morgan fingerprint density at radius 3 is 2.78 bits per heavy atom. The van der Waals surface area contributed by atoms with E-state index < -0.39 is 0 Å². The number of carbonyl (C=O) groups is 1. The number of hydrogen-bond acceptors (Lipinski definition) is 4. The maximum atomic E-state index is 12.5. The molecular weight excluding hydrogens is 308 g/mol. The third-order valence-corrected chi connectivity index (χ3v) is 4.67. The van der Waals surface area contributed by atoms with Gasteiger partial charge in [0.05, 0.1) is 22.4 Å². The van der Waals surface area contributed by atoms with Crippen LogP contribution in [-0.2, 0) is 0 Å². The number of benzene rings is 2. The average Bonchev–Trinajstić information content (AvgIpc) is 2.95. The fourth-order valence-electron chi connectivity index (χ4n) is 2.38. The molecule has 0 aliphatic carbocycles. The highest BCUT2D eigenvalue weighted by molar-refractivity contribution is 7.22. The molecule has 1 aromatic heterocycles. The van der Waals surface area contributed by atoms with Crippen LogP contribution < -0.4 is 10.1 Å². The summed E-state index contributed by atoms with van der Waals surface area (Å²) < 4.78 is 6.58. The fraction of sp³-hybridized carbons (Fsp3) is 0.222. The maximum absolute atomic E-state index is 12.5. The van der Waals surface area contributed by atoms with Crippen molar-refractivity contribution in [3.8, 4) is 5.75 Å². The van der Waals surface area contributed by atoms with Gasteiger partial charge in [-0.15, -0.1) is 0 Å². The Kier molecular flexibility index (Phi) is 4.30. The first-order valence-electron chi connectivity index (χ1n) is 7.50. The molecule has 0 saturated carbocycles. The highest BCUT2D eigenvalue weighted by Crippen LogP contribution is 2.30. The average molecular weight is 326 g/mol. The summed E-state index contributed by atoms with van der Waals surface area (Å²) in [4.78, 5) is 17.1. The summed E-state index contributed by atoms with van der Waals surface area (Å²) in [6.45, 7) is 6.52. The molecule has 3 rings (SSSR count). The Morgan fingerprint density at radius 1 is 1.22 bits per heavy atom. The number of aromatic nitrogens is 1. The number of aryl methyl sites for hydroxylation is 2. The highest BCUT2D eigenvalue weighted by atomic mass is 32.1. The molecule has 5 heteroatoms. The van der Waals surface area contributed by atoms with Gasteiger partial charge in [0.1, 0.15) is 5.75 Å². The lowest BCUT2D eigenvalue weighted by Crippen LogP contribution is -2.13. The Balaban J connectivity index is 1.90. The van der Waals surface area contributed by atoms with Gasteiger partial charge in [0, 0.05) is 0 Å². The lowest BCUT2D eigenvalue weighted by atomic mass is 10.1. The summed E-state index contributed by atoms with van der Waals surface area (Å²) in [7, 11) is 0. The van der Waals surface area contributed by atoms with E-state index in [1.165, 1.54) is 16.9 Å². The zero-order chi connectivity index (χ0) is 16.4. The normalized spacial score (nSPS) is 10.7. The number of thiazole rings is 1. The Morgan fingerprint density at radius 2 is 2.00 bits per heavy atom. The first kappa shape index (κ1) is 15.5. The molecule has 1 heterocycles. The number of carbonyl (C=O) groups excluding carboxylic acids is 1. The molecule has 1 N–H and O–H groups in total. The van der Waals surface area contributed by atoms with Crippen LogP contribution in [0.5, 0.6) is 5.75 Å². The van der Waals surface area contributed by atoms with E-state index in [0.29, 0.717) is 23.1 Å². The van der Waals surface area contributed by atoms with Crippen molar-refractivity contribution >= 4 is 32.6 Å². The van der Waals surface area contributed by atoms with Gasteiger partial charge in [0.15, 0.2) is 5.13 Å². The van der Waals surface area contributed by atoms with Gasteiger partial charge in [-0.3, -0.25) is 10.1 Å². The topological polar surface area (TPSA) is 51.2 Å². The van der Waals surface area contributed by atoms with Gasteiger partial charge < -0.3 is 4.74 Å². The van der Waals surface area contributed by atoms with Crippen molar-refractivity contribution < 1.29 is 9.53 Å². The van der Waals surface area contributed by atoms with E-state index in [-0.39, 0.29) is 5.91 Å². The van der Waals surface area contributed by atoms with Gasteiger partial charge >= 0.3 is 0 Å². The van der Waals surface area contributed by atoms with Crippen LogP contribution in [0.4, 0.5) is 5.13 Å². The number of rotatable bonds is 4. The third-order valence-electron chi connectivity index (χ3n) is 3.74. The standard InChI is InChI=1S/C18H18N2O2S/c1-4-22-14-8-6-5-7-13(14)17(21)20-18-19-16-12(3)11(2)9-10-15(16)23-18/h5-10H,4H2,1-3H3,(H,19,20,21). The molecule has 0 atom stereocenters. The van der Waals surface area contributed by atoms with E-state index >= 15 is 0 Å². The molecule has 0 radical (unpaired) electrons. The van der Waals surface area contributed by atoms with E-state index in [0.717, 1.165) is 15.8 Å². The zero-order valence-corrected chi connectivity index (χ0v) is 14.2. The number of amides is 1. The molecule has 3 aromatic rings. The van der Waals surface area contributed by atoms with Gasteiger partial charge in [-0.05, 0) is 50.1 Å². The van der Waals surface area contributed by atoms with E-state index in [2.05, 4.69) is 23.3 Å². The second-order valence-corrected chi connectivity index (χ2v) is 6.29. The first-order valence-corrected chi connectivity index (χ1v) is 8.31. The van der Waals surface area contributed by atoms with Crippen molar-refractivity contribution in [1.82, 2.24) is 4.98 Å². The molecular formula is C18H18N2O2S. The molecule has 23 heavy (non-hydrogen) atoms. The van der Waals surface area contributed by atoms with Crippen LogP contribution in [0.3, 0.4) is 0 Å². The van der Waals surface area contributed by atoms with E-state index in [4.69, 9.17) is 4.74 Å². The Hall–Kier alpha value is -2.40. The molecule has 0 unspecified atom stereocenters. The number of anilines is 1. The largest absolute Gasteiger partial charge is 0.493 e. The van der Waals surface area contributed by atoms with Crippen LogP contribution in [-0.4, -0.2) is 17.5 Å². The second kappa shape index (κ2) is 6.38. The summed E-state index contributed by atoms with van der Waals surface area (Å²) in [5.74, 6) is 0.378. The molecule has 118 valence electrons. The molecule has 4 nitrogen and oxygen atoms in total. The minimum absolute atomic E-state index is 0.206. The second-order valence-electron chi connectivity index (χ2n) is 5.26. The number of nitrogens with one attached hydrogen (secondary N) is 1. The smallest absolute Gasteiger partial charge is 0.261 e. The monoisotopic (exact) mass is 326 g/mol. The molecule has 0 fully saturated rings. The van der Waals surface area contributed by atoms with Crippen LogP contribution >= 0.6 is 11.3 Å². The summed E-state index contributed by atoms with van der Waals surface area (Å²) in [6.07, 6.45) is 0. The van der Waals surface area contributed by atoms with E-state index in [1.807, 2.05) is 32.0 Å². The fourth-order valence-corrected chi connectivity index (χ4v) is 3.30. The summed E-state index contributed by atoms with van der Waals surface area (Å²) in [5, 5.41) is 3.48. The lowest BCUT2D eigenvalue weighted by molar-refractivity contribution is 0.102. The van der Waals surface area contributed by atoms with Crippen molar-refractivity contribution in [1.29, 1.82) is 0 Å². The number of para-hydroxylation sites is 1.